The molecular weight excluding hydrogens is 683 g/mol. The molecule has 0 N–H and O–H groups in total. The lowest BCUT2D eigenvalue weighted by atomic mass is 9.70. The summed E-state index contributed by atoms with van der Waals surface area (Å²) in [6.07, 6.45) is 12.5. The van der Waals surface area contributed by atoms with E-state index >= 15 is 0 Å². The van der Waals surface area contributed by atoms with Crippen LogP contribution in [0, 0.1) is 0 Å². The predicted octanol–water partition coefficient (Wildman–Crippen LogP) is 11.0. The third-order valence-corrected chi connectivity index (χ3v) is 12.7. The van der Waals surface area contributed by atoms with Gasteiger partial charge in [0.25, 0.3) is 0 Å². The molecule has 280 valence electrons. The molecule has 6 nitrogen and oxygen atoms in total. The van der Waals surface area contributed by atoms with Gasteiger partial charge in [0, 0.05) is 47.1 Å². The predicted molar refractivity (Wildman–Crippen MR) is 223 cm³/mol. The number of anilines is 1. The lowest BCUT2D eigenvalue weighted by molar-refractivity contribution is 0.122. The number of hydrogen-bond acceptors (Lipinski definition) is 6. The molecule has 0 spiro atoms. The fourth-order valence-corrected chi connectivity index (χ4v) is 9.68. The summed E-state index contributed by atoms with van der Waals surface area (Å²) in [5.74, 6) is 3.23. The molecule has 5 aromatic carbocycles. The average Bonchev–Trinajstić information content (AvgIpc) is 3.56. The minimum atomic E-state index is -0.840. The molecule has 1 saturated heterocycles. The first kappa shape index (κ1) is 35.3. The molecule has 1 unspecified atom stereocenters. The van der Waals surface area contributed by atoms with Gasteiger partial charge < -0.3 is 28.6 Å². The molecule has 5 aromatic rings. The molecule has 0 aromatic heterocycles. The Balaban J connectivity index is 1.30. The lowest BCUT2D eigenvalue weighted by Crippen LogP contribution is -2.37. The Hall–Kier alpha value is -5.46. The third-order valence-electron chi connectivity index (χ3n) is 12.7. The van der Waals surface area contributed by atoms with Crippen molar-refractivity contribution in [2.24, 2.45) is 0 Å². The number of ether oxygens (including phenoxy) is 5. The van der Waals surface area contributed by atoms with Gasteiger partial charge in [-0.25, -0.2) is 0 Å². The third kappa shape index (κ3) is 5.48. The Labute approximate surface area is 324 Å². The molecule has 2 aliphatic carbocycles. The van der Waals surface area contributed by atoms with E-state index in [4.69, 9.17) is 23.7 Å². The lowest BCUT2D eigenvalue weighted by Gasteiger charge is -2.41. The summed E-state index contributed by atoms with van der Waals surface area (Å²) >= 11 is 0. The van der Waals surface area contributed by atoms with E-state index in [2.05, 4.69) is 128 Å². The SMILES string of the molecule is CCC1(CC)c2cc(-c3ccccc3)ccc2-c2c1c1c(c3cc(OC)c(OC)cc23)OC(C2=CC=C(OC)CC2)(c2ccc(N3CCOCC3)cc2)C=C1. The molecular formula is C49H49NO5. The number of hydrogen-bond donors (Lipinski definition) is 0. The summed E-state index contributed by atoms with van der Waals surface area (Å²) in [5, 5.41) is 2.12. The quantitative estimate of drug-likeness (QED) is 0.150. The first-order valence-corrected chi connectivity index (χ1v) is 19.7. The molecule has 0 saturated carbocycles. The van der Waals surface area contributed by atoms with Gasteiger partial charge in [-0.3, -0.25) is 0 Å². The molecule has 0 bridgehead atoms. The number of methoxy groups -OCH3 is 3. The van der Waals surface area contributed by atoms with Crippen LogP contribution in [0.3, 0.4) is 0 Å². The topological polar surface area (TPSA) is 49.4 Å². The normalized spacial score (nSPS) is 19.5. The van der Waals surface area contributed by atoms with Crippen LogP contribution in [0.1, 0.15) is 61.8 Å². The van der Waals surface area contributed by atoms with Crippen LogP contribution in [0.25, 0.3) is 39.1 Å². The number of benzene rings is 5. The summed E-state index contributed by atoms with van der Waals surface area (Å²) < 4.78 is 31.0. The molecule has 2 heterocycles. The van der Waals surface area contributed by atoms with E-state index in [1.54, 1.807) is 21.3 Å². The van der Waals surface area contributed by atoms with Gasteiger partial charge in [-0.15, -0.1) is 0 Å². The fraction of sp³-hybridized carbons (Fsp3) is 0.306. The van der Waals surface area contributed by atoms with Gasteiger partial charge >= 0.3 is 0 Å². The highest BCUT2D eigenvalue weighted by molar-refractivity contribution is 6.10. The van der Waals surface area contributed by atoms with Crippen molar-refractivity contribution in [2.45, 2.75) is 50.5 Å². The molecule has 55 heavy (non-hydrogen) atoms. The number of morpholine rings is 1. The molecule has 0 amide bonds. The van der Waals surface area contributed by atoms with E-state index in [-0.39, 0.29) is 5.41 Å². The van der Waals surface area contributed by atoms with Crippen molar-refractivity contribution in [1.82, 2.24) is 0 Å². The van der Waals surface area contributed by atoms with E-state index in [1.807, 2.05) is 0 Å². The molecule has 1 atom stereocenters. The zero-order valence-electron chi connectivity index (χ0n) is 32.5. The first-order chi connectivity index (χ1) is 27.0. The highest BCUT2D eigenvalue weighted by Crippen LogP contribution is 2.62. The van der Waals surface area contributed by atoms with Crippen molar-refractivity contribution >= 4 is 22.5 Å². The number of nitrogens with zero attached hydrogens (tertiary/aromatic N) is 1. The summed E-state index contributed by atoms with van der Waals surface area (Å²) in [4.78, 5) is 2.40. The largest absolute Gasteiger partial charge is 0.501 e. The number of allylic oxidation sites excluding steroid dienone is 3. The summed E-state index contributed by atoms with van der Waals surface area (Å²) in [6.45, 7) is 7.94. The molecule has 4 aliphatic rings. The smallest absolute Gasteiger partial charge is 0.174 e. The van der Waals surface area contributed by atoms with E-state index < -0.39 is 5.60 Å². The summed E-state index contributed by atoms with van der Waals surface area (Å²) in [6, 6.07) is 31.0. The van der Waals surface area contributed by atoms with Crippen LogP contribution in [0.4, 0.5) is 5.69 Å². The van der Waals surface area contributed by atoms with Crippen molar-refractivity contribution in [3.8, 4) is 39.5 Å². The monoisotopic (exact) mass is 731 g/mol. The minimum Gasteiger partial charge on any atom is -0.501 e. The standard InChI is InChI=1S/C49H49NO5/c1-6-48(7-2)42-29-33(32-11-9-8-10-12-32)13-22-38(42)45-40-30-43(52-4)44(53-5)31-41(40)47-39(46(45)48)23-24-49(55-47,35-16-20-37(51-3)21-17-35)34-14-18-36(19-15-34)50-25-27-54-28-26-50/h8-16,18-20,22-24,29-31H,6-7,17,21,25-28H2,1-5H3. The maximum absolute atomic E-state index is 7.73. The Morgan fingerprint density at radius 3 is 2.11 bits per heavy atom. The van der Waals surface area contributed by atoms with Crippen LogP contribution >= 0.6 is 0 Å². The molecule has 6 heteroatoms. The highest BCUT2D eigenvalue weighted by atomic mass is 16.5. The summed E-state index contributed by atoms with van der Waals surface area (Å²) in [5.41, 5.74) is 11.2. The molecule has 9 rings (SSSR count). The zero-order chi connectivity index (χ0) is 37.7. The Bertz CT molecular complexity index is 2360. The van der Waals surface area contributed by atoms with Gasteiger partial charge in [-0.2, -0.15) is 0 Å². The zero-order valence-corrected chi connectivity index (χ0v) is 32.5. The van der Waals surface area contributed by atoms with Crippen LogP contribution in [0.2, 0.25) is 0 Å². The number of fused-ring (bicyclic) bond motifs is 8. The van der Waals surface area contributed by atoms with Gasteiger partial charge in [0.1, 0.15) is 5.75 Å². The van der Waals surface area contributed by atoms with Crippen molar-refractivity contribution in [2.75, 3.05) is 52.5 Å². The van der Waals surface area contributed by atoms with Crippen molar-refractivity contribution in [1.29, 1.82) is 0 Å². The Morgan fingerprint density at radius 2 is 1.45 bits per heavy atom. The average molecular weight is 732 g/mol. The van der Waals surface area contributed by atoms with Crippen LogP contribution in [-0.2, 0) is 20.5 Å². The van der Waals surface area contributed by atoms with E-state index in [0.717, 1.165) is 85.4 Å². The van der Waals surface area contributed by atoms with E-state index in [9.17, 15) is 0 Å². The fourth-order valence-electron chi connectivity index (χ4n) is 9.68. The van der Waals surface area contributed by atoms with Gasteiger partial charge in [-0.1, -0.05) is 80.6 Å². The van der Waals surface area contributed by atoms with Crippen LogP contribution in [-0.4, -0.2) is 47.6 Å². The Kier molecular flexibility index (Phi) is 8.97. The van der Waals surface area contributed by atoms with Crippen molar-refractivity contribution in [3.63, 3.8) is 0 Å². The highest BCUT2D eigenvalue weighted by Gasteiger charge is 2.47. The Morgan fingerprint density at radius 1 is 0.727 bits per heavy atom. The van der Waals surface area contributed by atoms with Gasteiger partial charge in [0.2, 0.25) is 0 Å². The van der Waals surface area contributed by atoms with E-state index in [0.29, 0.717) is 11.5 Å². The maximum atomic E-state index is 7.73. The van der Waals surface area contributed by atoms with Gasteiger partial charge in [0.05, 0.1) is 40.3 Å². The second-order valence-electron chi connectivity index (χ2n) is 15.0. The van der Waals surface area contributed by atoms with Crippen LogP contribution in [0.5, 0.6) is 17.2 Å². The number of rotatable bonds is 9. The van der Waals surface area contributed by atoms with E-state index in [1.165, 1.54) is 44.6 Å². The first-order valence-electron chi connectivity index (χ1n) is 19.7. The second-order valence-corrected chi connectivity index (χ2v) is 15.0. The van der Waals surface area contributed by atoms with Crippen molar-refractivity contribution < 1.29 is 23.7 Å². The maximum Gasteiger partial charge on any atom is 0.174 e. The molecule has 0 radical (unpaired) electrons. The van der Waals surface area contributed by atoms with Gasteiger partial charge in [0.15, 0.2) is 17.1 Å². The molecule has 1 fully saturated rings. The summed E-state index contributed by atoms with van der Waals surface area (Å²) in [7, 11) is 5.17. The van der Waals surface area contributed by atoms with Crippen LogP contribution < -0.4 is 19.1 Å². The second kappa shape index (κ2) is 14.0. The van der Waals surface area contributed by atoms with Crippen molar-refractivity contribution in [3.05, 3.63) is 137 Å². The van der Waals surface area contributed by atoms with Gasteiger partial charge in [-0.05, 0) is 106 Å². The minimum absolute atomic E-state index is 0.228. The molecule has 2 aliphatic heterocycles. The van der Waals surface area contributed by atoms with Crippen LogP contribution in [0.15, 0.2) is 114 Å².